The summed E-state index contributed by atoms with van der Waals surface area (Å²) in [6.07, 6.45) is 5.45. The van der Waals surface area contributed by atoms with Crippen LogP contribution in [0.15, 0.2) is 102 Å². The molecule has 3 aromatic carbocycles. The first kappa shape index (κ1) is 15.2. The van der Waals surface area contributed by atoms with Crippen LogP contribution in [0.3, 0.4) is 0 Å². The first-order chi connectivity index (χ1) is 13.9. The molecular weight excluding hydrogens is 344 g/mol. The Labute approximate surface area is 161 Å². The Kier molecular flexibility index (Phi) is 3.17. The van der Waals surface area contributed by atoms with Gasteiger partial charge >= 0.3 is 0 Å². The second-order valence-electron chi connectivity index (χ2n) is 6.94. The van der Waals surface area contributed by atoms with Gasteiger partial charge in [0.15, 0.2) is 0 Å². The summed E-state index contributed by atoms with van der Waals surface area (Å²) in [5, 5.41) is 3.61. The zero-order valence-electron chi connectivity index (χ0n) is 15.0. The third-order valence-corrected chi connectivity index (χ3v) is 5.39. The summed E-state index contributed by atoms with van der Waals surface area (Å²) in [5.74, 6) is 0. The third kappa shape index (κ3) is 2.13. The maximum atomic E-state index is 5.67. The lowest BCUT2D eigenvalue weighted by Crippen LogP contribution is -1.94. The summed E-state index contributed by atoms with van der Waals surface area (Å²) in [6, 6.07) is 27.5. The number of fused-ring (bicyclic) bond motifs is 5. The van der Waals surface area contributed by atoms with Crippen molar-refractivity contribution in [1.29, 1.82) is 0 Å². The minimum Gasteiger partial charge on any atom is -0.464 e. The molecule has 3 heterocycles. The van der Waals surface area contributed by atoms with Crippen molar-refractivity contribution in [2.75, 3.05) is 0 Å². The van der Waals surface area contributed by atoms with E-state index in [4.69, 9.17) is 4.42 Å². The highest BCUT2D eigenvalue weighted by atomic mass is 16.3. The number of aromatic nitrogens is 2. The molecule has 0 aliphatic heterocycles. The molecule has 0 amide bonds. The molecule has 0 radical (unpaired) electrons. The van der Waals surface area contributed by atoms with Gasteiger partial charge in [0.2, 0.25) is 0 Å². The van der Waals surface area contributed by atoms with Crippen molar-refractivity contribution < 1.29 is 4.42 Å². The fourth-order valence-electron chi connectivity index (χ4n) is 4.11. The first-order valence-electron chi connectivity index (χ1n) is 9.30. The summed E-state index contributed by atoms with van der Waals surface area (Å²) in [7, 11) is 0. The van der Waals surface area contributed by atoms with E-state index in [0.29, 0.717) is 0 Å². The van der Waals surface area contributed by atoms with Crippen LogP contribution in [0.4, 0.5) is 0 Å². The normalized spacial score (nSPS) is 11.6. The fourth-order valence-corrected chi connectivity index (χ4v) is 4.11. The SMILES string of the molecule is c1cncc(-c2ccc(-n3c4ccccc4c4ccc5occc5c43)cc2)c1. The van der Waals surface area contributed by atoms with E-state index in [9.17, 15) is 0 Å². The van der Waals surface area contributed by atoms with Gasteiger partial charge in [0.25, 0.3) is 0 Å². The largest absolute Gasteiger partial charge is 0.464 e. The number of para-hydroxylation sites is 1. The minimum atomic E-state index is 0.906. The molecule has 0 aliphatic rings. The maximum absolute atomic E-state index is 5.67. The smallest absolute Gasteiger partial charge is 0.136 e. The standard InChI is InChI=1S/C25H16N2O/c1-2-6-23-20(5-1)21-11-12-24-22(13-15-28-24)25(21)27(23)19-9-7-17(8-10-19)18-4-3-14-26-16-18/h1-16H. The van der Waals surface area contributed by atoms with Crippen LogP contribution in [0, 0.1) is 0 Å². The van der Waals surface area contributed by atoms with Gasteiger partial charge in [0, 0.05) is 34.2 Å². The fraction of sp³-hybridized carbons (Fsp3) is 0. The lowest BCUT2D eigenvalue weighted by molar-refractivity contribution is 0.616. The number of rotatable bonds is 2. The summed E-state index contributed by atoms with van der Waals surface area (Å²) in [5.41, 5.74) is 6.69. The Balaban J connectivity index is 1.66. The van der Waals surface area contributed by atoms with E-state index in [1.54, 1.807) is 12.5 Å². The van der Waals surface area contributed by atoms with Crippen LogP contribution in [-0.4, -0.2) is 9.55 Å². The maximum Gasteiger partial charge on any atom is 0.136 e. The van der Waals surface area contributed by atoms with Crippen molar-refractivity contribution in [2.45, 2.75) is 0 Å². The predicted octanol–water partition coefficient (Wildman–Crippen LogP) is 6.59. The van der Waals surface area contributed by atoms with Gasteiger partial charge in [-0.15, -0.1) is 0 Å². The highest BCUT2D eigenvalue weighted by Crippen LogP contribution is 2.37. The van der Waals surface area contributed by atoms with E-state index >= 15 is 0 Å². The van der Waals surface area contributed by atoms with E-state index in [2.05, 4.69) is 82.3 Å². The monoisotopic (exact) mass is 360 g/mol. The lowest BCUT2D eigenvalue weighted by Gasteiger charge is -2.10. The number of benzene rings is 3. The molecule has 3 aromatic heterocycles. The number of pyridine rings is 1. The molecule has 0 N–H and O–H groups in total. The summed E-state index contributed by atoms with van der Waals surface area (Å²) in [6.45, 7) is 0. The predicted molar refractivity (Wildman–Crippen MR) is 114 cm³/mol. The average Bonchev–Trinajstić information content (AvgIpc) is 3.37. The highest BCUT2D eigenvalue weighted by Gasteiger charge is 2.15. The van der Waals surface area contributed by atoms with Gasteiger partial charge < -0.3 is 8.98 Å². The molecule has 0 saturated heterocycles. The molecule has 6 aromatic rings. The Bertz CT molecular complexity index is 1440. The van der Waals surface area contributed by atoms with Gasteiger partial charge in [-0.1, -0.05) is 36.4 Å². The van der Waals surface area contributed by atoms with E-state index in [1.807, 2.05) is 12.3 Å². The van der Waals surface area contributed by atoms with Gasteiger partial charge in [-0.2, -0.15) is 0 Å². The molecule has 0 spiro atoms. The third-order valence-electron chi connectivity index (χ3n) is 5.39. The summed E-state index contributed by atoms with van der Waals surface area (Å²) in [4.78, 5) is 4.23. The zero-order valence-corrected chi connectivity index (χ0v) is 15.0. The van der Waals surface area contributed by atoms with E-state index < -0.39 is 0 Å². The number of nitrogens with zero attached hydrogens (tertiary/aromatic N) is 2. The van der Waals surface area contributed by atoms with Crippen molar-refractivity contribution >= 4 is 32.8 Å². The quantitative estimate of drug-likeness (QED) is 0.349. The van der Waals surface area contributed by atoms with Gasteiger partial charge in [-0.3, -0.25) is 4.98 Å². The van der Waals surface area contributed by atoms with Crippen LogP contribution in [0.5, 0.6) is 0 Å². The van der Waals surface area contributed by atoms with Gasteiger partial charge in [0.1, 0.15) is 5.58 Å². The topological polar surface area (TPSA) is 31.0 Å². The van der Waals surface area contributed by atoms with Crippen LogP contribution >= 0.6 is 0 Å². The molecule has 6 rings (SSSR count). The van der Waals surface area contributed by atoms with E-state index in [1.165, 1.54) is 21.8 Å². The van der Waals surface area contributed by atoms with Gasteiger partial charge in [-0.25, -0.2) is 0 Å². The van der Waals surface area contributed by atoms with Crippen molar-refractivity contribution in [3.8, 4) is 16.8 Å². The van der Waals surface area contributed by atoms with Crippen molar-refractivity contribution in [3.63, 3.8) is 0 Å². The highest BCUT2D eigenvalue weighted by molar-refractivity contribution is 6.17. The molecule has 3 heteroatoms. The molecule has 0 atom stereocenters. The molecule has 132 valence electrons. The van der Waals surface area contributed by atoms with Gasteiger partial charge in [-0.05, 0) is 53.6 Å². The Morgan fingerprint density at radius 1 is 0.679 bits per heavy atom. The van der Waals surface area contributed by atoms with Crippen LogP contribution < -0.4 is 0 Å². The molecular formula is C25H16N2O. The Morgan fingerprint density at radius 3 is 2.43 bits per heavy atom. The van der Waals surface area contributed by atoms with Crippen LogP contribution in [0.1, 0.15) is 0 Å². The summed E-state index contributed by atoms with van der Waals surface area (Å²) >= 11 is 0. The van der Waals surface area contributed by atoms with Crippen molar-refractivity contribution in [1.82, 2.24) is 9.55 Å². The second kappa shape index (κ2) is 5.83. The number of hydrogen-bond acceptors (Lipinski definition) is 2. The number of hydrogen-bond donors (Lipinski definition) is 0. The van der Waals surface area contributed by atoms with E-state index in [-0.39, 0.29) is 0 Å². The average molecular weight is 360 g/mol. The molecule has 0 aliphatic carbocycles. The molecule has 3 nitrogen and oxygen atoms in total. The Morgan fingerprint density at radius 2 is 1.57 bits per heavy atom. The van der Waals surface area contributed by atoms with Crippen LogP contribution in [-0.2, 0) is 0 Å². The molecule has 0 fully saturated rings. The van der Waals surface area contributed by atoms with E-state index in [0.717, 1.165) is 27.8 Å². The van der Waals surface area contributed by atoms with Crippen molar-refractivity contribution in [2.24, 2.45) is 0 Å². The van der Waals surface area contributed by atoms with Gasteiger partial charge in [0.05, 0.1) is 17.3 Å². The zero-order chi connectivity index (χ0) is 18.5. The molecule has 28 heavy (non-hydrogen) atoms. The Hall–Kier alpha value is -3.85. The molecule has 0 bridgehead atoms. The first-order valence-corrected chi connectivity index (χ1v) is 9.30. The van der Waals surface area contributed by atoms with Crippen molar-refractivity contribution in [3.05, 3.63) is 97.5 Å². The number of furan rings is 1. The minimum absolute atomic E-state index is 0.906. The van der Waals surface area contributed by atoms with Crippen LogP contribution in [0.2, 0.25) is 0 Å². The summed E-state index contributed by atoms with van der Waals surface area (Å²) < 4.78 is 8.00. The molecule has 0 unspecified atom stereocenters. The van der Waals surface area contributed by atoms with Crippen LogP contribution in [0.25, 0.3) is 49.6 Å². The lowest BCUT2D eigenvalue weighted by atomic mass is 10.1. The second-order valence-corrected chi connectivity index (χ2v) is 6.94. The molecule has 0 saturated carbocycles.